The molecule has 0 spiro atoms. The summed E-state index contributed by atoms with van der Waals surface area (Å²) in [6.07, 6.45) is 53.3. The zero-order chi connectivity index (χ0) is 83.9. The van der Waals surface area contributed by atoms with Gasteiger partial charge >= 0.3 is 75.7 Å². The predicted octanol–water partition coefficient (Wildman–Crippen LogP) is 31.1. The summed E-state index contributed by atoms with van der Waals surface area (Å²) in [6, 6.07) is 61.7. The zero-order valence-corrected chi connectivity index (χ0v) is 89.8. The number of aryl methyl sites for hydroxylation is 2. The van der Waals surface area contributed by atoms with Crippen LogP contribution in [0.15, 0.2) is 243 Å². The van der Waals surface area contributed by atoms with Gasteiger partial charge in [-0.15, -0.1) is 0 Å². The number of hydrogen-bond donors (Lipinski definition) is 0. The van der Waals surface area contributed by atoms with E-state index in [1.54, 1.807) is 33.6 Å². The molecule has 21 unspecified atom stereocenters. The molecule has 0 N–H and O–H groups in total. The second-order valence-electron chi connectivity index (χ2n) is 41.2. The topological polar surface area (TPSA) is 31.4 Å². The number of anilines is 6. The summed E-state index contributed by atoms with van der Waals surface area (Å²) in [5.74, 6) is 6.60. The number of para-hydroxylation sites is 4. The number of allylic oxidation sites excluding steroid dienone is 12. The second-order valence-corrected chi connectivity index (χ2v) is 66.9. The normalized spacial score (nSPS) is 28.9. The van der Waals surface area contributed by atoms with Crippen LogP contribution < -0.4 is 19.6 Å². The molecule has 4 aliphatic heterocycles. The van der Waals surface area contributed by atoms with Crippen LogP contribution >= 0.6 is 34.1 Å². The maximum atomic E-state index is 6.20. The standard InChI is InChI=1S/C53H60N2OSi.C50H74N2OSi3.CH4.4CH3.4ClH.2Zr/c1-53(2,3)56-35-21-5-6-22-36-57(4,51-41-29-15-13-27-39(41)49-47(51)43-31-17-19-33-45(43)54(49)37-23-9-7-10-24-37)52-42-30-16-14-28-40(42)50-48(52)44-32-18-20-34-46(44)55(50)38-25-11-8-12-26-38;1-34-24-26-42-40(30-34)44-46(51(42)32-54(6)7)36-20-14-16-22-38(36)48(44)56(11,29-19-13-12-18-28-53-50(3,4)5)49-39-23-17-15-21-37(39)47-45(49)41-31-35(2)25-27-43(41)52(47)33-55(8,9)10;;;;;;;;;;;/h7-20,23-34,39-42,47-52H,5-6,21-22,35-36H2,1-4H3;14-17,20-27,30-31,36-39,44-49,54H,12-13,18-19,28-29,32-33H2,1-11H3;1H4;4*1H3;4*1H;;/q;;;4*-1;;;;;2*+4/p-4. The molecule has 21 atom stereocenters. The van der Waals surface area contributed by atoms with Crippen molar-refractivity contribution in [1.82, 2.24) is 0 Å². The number of benzene rings is 6. The molecule has 4 saturated carbocycles. The Bertz CT molecular complexity index is 4590. The van der Waals surface area contributed by atoms with Crippen LogP contribution in [0.2, 0.25) is 80.1 Å². The van der Waals surface area contributed by atoms with Crippen molar-refractivity contribution in [3.8, 4) is 0 Å². The molecule has 4 fully saturated rings. The van der Waals surface area contributed by atoms with E-state index in [0.717, 1.165) is 19.6 Å². The SMILES string of the molecule is C.CC(C)(C)OCCCCCC[Si](C)(C1C2C=CC=CC2C2C1c1ccccc1N2c1ccccc1)C1C2C=CC=CC2C2C1c1ccccc1N2c1ccccc1.Cc1ccc2c(c1)C1C(C3C=CC=CC3C1[Si](C)(CCCCCCOC(C)(C)C)C1C3C=CC=CC3C3C1c1cc(C)ccc1N3C[Si](C)(C)C)N2C[SiH](C)C.[CH3-].[CH3-].[CH3-].[CH3-].[Cl][Zr+2][Cl].[Cl][Zr+2][Cl]. The van der Waals surface area contributed by atoms with Gasteiger partial charge in [-0.3, -0.25) is 0 Å². The Morgan fingerprint density at radius 3 is 1.00 bits per heavy atom. The first kappa shape index (κ1) is 102. The van der Waals surface area contributed by atoms with Gasteiger partial charge in [-0.25, -0.2) is 0 Å². The van der Waals surface area contributed by atoms with Gasteiger partial charge in [0.2, 0.25) is 0 Å². The van der Waals surface area contributed by atoms with Crippen LogP contribution in [0.4, 0.5) is 34.1 Å². The van der Waals surface area contributed by atoms with E-state index in [1.807, 2.05) is 0 Å². The third-order valence-electron chi connectivity index (χ3n) is 29.9. The van der Waals surface area contributed by atoms with E-state index in [2.05, 4.69) is 364 Å². The Morgan fingerprint density at radius 1 is 0.363 bits per heavy atom. The van der Waals surface area contributed by atoms with Crippen LogP contribution in [-0.2, 0) is 51.2 Å². The molecule has 4 heterocycles. The van der Waals surface area contributed by atoms with Crippen molar-refractivity contribution in [1.29, 1.82) is 0 Å². The van der Waals surface area contributed by atoms with E-state index < -0.39 is 74.7 Å². The fourth-order valence-corrected chi connectivity index (χ4v) is 43.0. The van der Waals surface area contributed by atoms with E-state index in [9.17, 15) is 0 Å². The molecule has 6 nitrogen and oxygen atoms in total. The van der Waals surface area contributed by atoms with E-state index >= 15 is 0 Å². The minimum absolute atomic E-state index is 0. The van der Waals surface area contributed by atoms with Crippen molar-refractivity contribution >= 4 is 101 Å². The number of unbranched alkanes of at least 4 members (excludes halogenated alkanes) is 6. The predicted molar refractivity (Wildman–Crippen MR) is 548 cm³/mol. The summed E-state index contributed by atoms with van der Waals surface area (Å²) >= 11 is -1.65. The van der Waals surface area contributed by atoms with Gasteiger partial charge in [0, 0.05) is 131 Å². The van der Waals surface area contributed by atoms with Crippen LogP contribution in [0.5, 0.6) is 0 Å². The molecule has 0 radical (unpaired) electrons. The average Bonchev–Trinajstić information content (AvgIpc) is 1.52. The summed E-state index contributed by atoms with van der Waals surface area (Å²) in [5.41, 5.74) is 20.7. The van der Waals surface area contributed by atoms with Crippen LogP contribution in [-0.4, -0.2) is 93.9 Å². The van der Waals surface area contributed by atoms with Crippen molar-refractivity contribution in [2.24, 2.45) is 47.3 Å². The molecule has 12 aliphatic rings. The van der Waals surface area contributed by atoms with Gasteiger partial charge in [-0.2, -0.15) is 0 Å². The van der Waals surface area contributed by atoms with Gasteiger partial charge in [-0.1, -0.05) is 309 Å². The third-order valence-corrected chi connectivity index (χ3v) is 44.2. The molecular formula is C108H150Cl4N4O2Si4Zr2. The van der Waals surface area contributed by atoms with E-state index in [4.69, 9.17) is 43.5 Å². The Labute approximate surface area is 796 Å². The quantitative estimate of drug-likeness (QED) is 0.0341. The summed E-state index contributed by atoms with van der Waals surface area (Å²) in [5, 5.41) is 0. The van der Waals surface area contributed by atoms with Gasteiger partial charge in [0.15, 0.2) is 0 Å². The van der Waals surface area contributed by atoms with Crippen LogP contribution in [0.3, 0.4) is 0 Å². The Morgan fingerprint density at radius 2 is 0.661 bits per heavy atom. The Hall–Kier alpha value is -3.85. The molecule has 666 valence electrons. The van der Waals surface area contributed by atoms with E-state index in [1.165, 1.54) is 103 Å². The van der Waals surface area contributed by atoms with Crippen molar-refractivity contribution < 1.29 is 51.2 Å². The molecule has 6 aromatic carbocycles. The number of nitrogens with zero attached hydrogens (tertiary/aromatic N) is 4. The fourth-order valence-electron chi connectivity index (χ4n) is 26.4. The summed E-state index contributed by atoms with van der Waals surface area (Å²) in [6.45, 7) is 38.4. The molecule has 16 heteroatoms. The average molecular weight is 1970 g/mol. The van der Waals surface area contributed by atoms with Gasteiger partial charge in [0.25, 0.3) is 0 Å². The van der Waals surface area contributed by atoms with E-state index in [0.29, 0.717) is 117 Å². The van der Waals surface area contributed by atoms with Crippen molar-refractivity contribution in [3.05, 3.63) is 306 Å². The maximum absolute atomic E-state index is 6.20. The Balaban J connectivity index is 0.000000235. The molecule has 124 heavy (non-hydrogen) atoms. The molecule has 8 aliphatic carbocycles. The molecule has 6 aromatic rings. The van der Waals surface area contributed by atoms with Crippen molar-refractivity contribution in [3.63, 3.8) is 0 Å². The van der Waals surface area contributed by atoms with Crippen molar-refractivity contribution in [2.75, 3.05) is 45.1 Å². The van der Waals surface area contributed by atoms with Crippen LogP contribution in [0, 0.1) is 90.9 Å². The monoisotopic (exact) mass is 1970 g/mol. The van der Waals surface area contributed by atoms with Crippen LogP contribution in [0.1, 0.15) is 157 Å². The molecule has 0 aromatic heterocycles. The molecule has 0 bridgehead atoms. The number of fused-ring (bicyclic) bond motifs is 20. The third kappa shape index (κ3) is 20.5. The van der Waals surface area contributed by atoms with Gasteiger partial charge in [-0.05, 0) is 185 Å². The number of hydrogen-bond acceptors (Lipinski definition) is 6. The van der Waals surface area contributed by atoms with Crippen molar-refractivity contribution in [2.45, 2.75) is 253 Å². The number of halogens is 4. The summed E-state index contributed by atoms with van der Waals surface area (Å²) in [7, 11) is 13.1. The van der Waals surface area contributed by atoms with Gasteiger partial charge < -0.3 is 58.8 Å². The van der Waals surface area contributed by atoms with E-state index in [-0.39, 0.29) is 48.3 Å². The number of rotatable bonds is 24. The molecule has 0 saturated heterocycles. The first-order valence-corrected chi connectivity index (χ1v) is 70.7. The zero-order valence-electron chi connectivity index (χ0n) is 77.7. The first-order valence-electron chi connectivity index (χ1n) is 45.5. The number of ether oxygens (including phenoxy) is 2. The molecule has 18 rings (SSSR count). The first-order chi connectivity index (χ1) is 57.2. The molecular weight excluding hydrogens is 1820 g/mol. The summed E-state index contributed by atoms with van der Waals surface area (Å²) in [4.78, 5) is 11.5. The summed E-state index contributed by atoms with van der Waals surface area (Å²) < 4.78 is 12.4. The van der Waals surface area contributed by atoms with Gasteiger partial charge in [0.1, 0.15) is 0 Å². The fraction of sp³-hybridized carbons (Fsp3) is 0.481. The Kier molecular flexibility index (Phi) is 36.0. The van der Waals surface area contributed by atoms with Gasteiger partial charge in [0.05, 0.1) is 44.2 Å². The second kappa shape index (κ2) is 43.7. The van der Waals surface area contributed by atoms with Crippen LogP contribution in [0.25, 0.3) is 0 Å². The minimum atomic E-state index is -2.22. The molecule has 0 amide bonds.